The average Bonchev–Trinajstić information content (AvgIpc) is 2.79. The molecule has 5 heteroatoms. The van der Waals surface area contributed by atoms with Gasteiger partial charge in [-0.2, -0.15) is 0 Å². The van der Waals surface area contributed by atoms with Gasteiger partial charge in [-0.05, 0) is 43.5 Å². The van der Waals surface area contributed by atoms with Crippen LogP contribution in [0.4, 0.5) is 0 Å². The minimum atomic E-state index is 0.461. The van der Waals surface area contributed by atoms with E-state index < -0.39 is 0 Å². The van der Waals surface area contributed by atoms with Crippen LogP contribution in [0.25, 0.3) is 0 Å². The molecule has 1 aromatic rings. The van der Waals surface area contributed by atoms with Crippen molar-refractivity contribution < 1.29 is 4.74 Å². The fraction of sp³-hybridized carbons (Fsp3) is 0.520. The third-order valence-electron chi connectivity index (χ3n) is 5.51. The Hall–Kier alpha value is -2.40. The molecule has 1 aliphatic heterocycles. The van der Waals surface area contributed by atoms with Gasteiger partial charge in [-0.15, -0.1) is 0 Å². The molecule has 1 N–H and O–H groups in total. The van der Waals surface area contributed by atoms with Crippen molar-refractivity contribution in [2.24, 2.45) is 9.98 Å². The Morgan fingerprint density at radius 2 is 1.97 bits per heavy atom. The topological polar surface area (TPSA) is 49.2 Å². The molecule has 0 aromatic heterocycles. The lowest BCUT2D eigenvalue weighted by Gasteiger charge is -2.31. The van der Waals surface area contributed by atoms with E-state index in [0.717, 1.165) is 56.8 Å². The standard InChI is InChI=1S/C25H38N4O/c1-5-8-23(16-18-26-19-22-10-13-24(30-4)14-11-22)29(3)25-15-12-21(6-2)9-7-17-27-20-28-25/h7,9-14,20,23,26H,5-6,8,15-19H2,1-4H3/b9-7-,21-12-,27-20?,28-25?. The number of hydrogen-bond acceptors (Lipinski definition) is 5. The molecule has 5 nitrogen and oxygen atoms in total. The molecule has 1 aromatic carbocycles. The summed E-state index contributed by atoms with van der Waals surface area (Å²) in [5.74, 6) is 1.99. The third kappa shape index (κ3) is 8.15. The molecule has 1 aliphatic rings. The molecule has 164 valence electrons. The second-order valence-corrected chi connectivity index (χ2v) is 7.63. The van der Waals surface area contributed by atoms with Gasteiger partial charge >= 0.3 is 0 Å². The normalized spacial score (nSPS) is 18.1. The Labute approximate surface area is 182 Å². The predicted octanol–water partition coefficient (Wildman–Crippen LogP) is 5.00. The second kappa shape index (κ2) is 13.8. The van der Waals surface area contributed by atoms with Crippen molar-refractivity contribution in [3.63, 3.8) is 0 Å². The van der Waals surface area contributed by atoms with Crippen molar-refractivity contribution in [2.75, 3.05) is 27.2 Å². The molecule has 0 spiro atoms. The van der Waals surface area contributed by atoms with Gasteiger partial charge in [0.2, 0.25) is 0 Å². The molecule has 1 heterocycles. The van der Waals surface area contributed by atoms with Crippen LogP contribution in [0, 0.1) is 0 Å². The van der Waals surface area contributed by atoms with Gasteiger partial charge in [-0.3, -0.25) is 4.99 Å². The van der Waals surface area contributed by atoms with E-state index in [4.69, 9.17) is 4.74 Å². The first kappa shape index (κ1) is 23.9. The van der Waals surface area contributed by atoms with Crippen LogP contribution in [0.1, 0.15) is 51.5 Å². The molecule has 2 rings (SSSR count). The molecule has 0 saturated carbocycles. The van der Waals surface area contributed by atoms with Gasteiger partial charge in [0.15, 0.2) is 0 Å². The number of methoxy groups -OCH3 is 1. The number of aliphatic imine (C=N–C) groups is 2. The molecule has 0 radical (unpaired) electrons. The monoisotopic (exact) mass is 410 g/mol. The minimum absolute atomic E-state index is 0.461. The van der Waals surface area contributed by atoms with E-state index in [1.165, 1.54) is 11.1 Å². The minimum Gasteiger partial charge on any atom is -0.497 e. The number of ether oxygens (including phenoxy) is 1. The maximum atomic E-state index is 5.23. The molecule has 0 aliphatic carbocycles. The summed E-state index contributed by atoms with van der Waals surface area (Å²) >= 11 is 0. The Morgan fingerprint density at radius 1 is 1.17 bits per heavy atom. The van der Waals surface area contributed by atoms with Crippen LogP contribution in [0.15, 0.2) is 58.1 Å². The van der Waals surface area contributed by atoms with E-state index in [1.54, 1.807) is 13.4 Å². The number of rotatable bonds is 10. The Morgan fingerprint density at radius 3 is 2.67 bits per heavy atom. The molecule has 0 amide bonds. The van der Waals surface area contributed by atoms with E-state index in [2.05, 4.69) is 71.5 Å². The van der Waals surface area contributed by atoms with Crippen LogP contribution in [-0.4, -0.2) is 50.4 Å². The predicted molar refractivity (Wildman–Crippen MR) is 129 cm³/mol. The summed E-state index contributed by atoms with van der Waals surface area (Å²) in [6, 6.07) is 8.71. The van der Waals surface area contributed by atoms with Gasteiger partial charge in [0.05, 0.1) is 13.7 Å². The fourth-order valence-corrected chi connectivity index (χ4v) is 3.58. The number of benzene rings is 1. The summed E-state index contributed by atoms with van der Waals surface area (Å²) < 4.78 is 5.23. The summed E-state index contributed by atoms with van der Waals surface area (Å²) in [6.45, 7) is 6.98. The van der Waals surface area contributed by atoms with Gasteiger partial charge in [0.25, 0.3) is 0 Å². The van der Waals surface area contributed by atoms with Crippen molar-refractivity contribution in [1.82, 2.24) is 10.2 Å². The van der Waals surface area contributed by atoms with Gasteiger partial charge in [0.1, 0.15) is 17.9 Å². The molecule has 1 atom stereocenters. The smallest absolute Gasteiger partial charge is 0.118 e. The number of amidine groups is 1. The zero-order chi connectivity index (χ0) is 21.6. The Bertz CT molecular complexity index is 734. The van der Waals surface area contributed by atoms with Crippen molar-refractivity contribution >= 4 is 12.2 Å². The lowest BCUT2D eigenvalue weighted by molar-refractivity contribution is 0.316. The summed E-state index contributed by atoms with van der Waals surface area (Å²) in [6.07, 6.45) is 13.6. The van der Waals surface area contributed by atoms with E-state index in [9.17, 15) is 0 Å². The second-order valence-electron chi connectivity index (χ2n) is 7.63. The molecule has 0 fully saturated rings. The van der Waals surface area contributed by atoms with Crippen molar-refractivity contribution in [3.8, 4) is 5.75 Å². The Kier molecular flexibility index (Phi) is 10.9. The van der Waals surface area contributed by atoms with Crippen LogP contribution in [0.2, 0.25) is 0 Å². The van der Waals surface area contributed by atoms with Crippen molar-refractivity contribution in [3.05, 3.63) is 53.6 Å². The summed E-state index contributed by atoms with van der Waals surface area (Å²) in [5, 5.41) is 3.59. The highest BCUT2D eigenvalue weighted by Gasteiger charge is 2.17. The highest BCUT2D eigenvalue weighted by atomic mass is 16.5. The number of hydrogen-bond donors (Lipinski definition) is 1. The molecular formula is C25H38N4O. The zero-order valence-electron chi connectivity index (χ0n) is 19.1. The lowest BCUT2D eigenvalue weighted by Crippen LogP contribution is -2.39. The molecule has 30 heavy (non-hydrogen) atoms. The first-order valence-electron chi connectivity index (χ1n) is 11.1. The maximum Gasteiger partial charge on any atom is 0.118 e. The van der Waals surface area contributed by atoms with E-state index in [-0.39, 0.29) is 0 Å². The molecule has 0 bridgehead atoms. The van der Waals surface area contributed by atoms with Crippen molar-refractivity contribution in [1.29, 1.82) is 0 Å². The number of nitrogens with one attached hydrogen (secondary N) is 1. The van der Waals surface area contributed by atoms with Crippen molar-refractivity contribution in [2.45, 2.75) is 58.5 Å². The fourth-order valence-electron chi connectivity index (χ4n) is 3.58. The third-order valence-corrected chi connectivity index (χ3v) is 5.51. The SMILES string of the molecule is CCCC(CCNCc1ccc(OC)cc1)N(C)C1=NC=NC/C=C\C(CC)=C/C1. The summed E-state index contributed by atoms with van der Waals surface area (Å²) in [4.78, 5) is 11.4. The first-order valence-corrected chi connectivity index (χ1v) is 11.1. The average molecular weight is 411 g/mol. The van der Waals surface area contributed by atoms with Gasteiger partial charge < -0.3 is 15.0 Å². The molecular weight excluding hydrogens is 372 g/mol. The van der Waals surface area contributed by atoms with E-state index >= 15 is 0 Å². The first-order chi connectivity index (χ1) is 14.7. The highest BCUT2D eigenvalue weighted by Crippen LogP contribution is 2.15. The van der Waals surface area contributed by atoms with Crippen LogP contribution in [0.3, 0.4) is 0 Å². The molecule has 1 unspecified atom stereocenters. The largest absolute Gasteiger partial charge is 0.497 e. The van der Waals surface area contributed by atoms with E-state index in [0.29, 0.717) is 12.6 Å². The number of allylic oxidation sites excluding steroid dienone is 2. The van der Waals surface area contributed by atoms with Crippen LogP contribution < -0.4 is 10.1 Å². The lowest BCUT2D eigenvalue weighted by atomic mass is 10.1. The summed E-state index contributed by atoms with van der Waals surface area (Å²) in [7, 11) is 3.88. The van der Waals surface area contributed by atoms with Crippen LogP contribution in [0.5, 0.6) is 5.75 Å². The quantitative estimate of drug-likeness (QED) is 0.552. The van der Waals surface area contributed by atoms with E-state index in [1.807, 2.05) is 12.1 Å². The summed E-state index contributed by atoms with van der Waals surface area (Å²) in [5.41, 5.74) is 2.62. The zero-order valence-corrected chi connectivity index (χ0v) is 19.1. The molecule has 0 saturated heterocycles. The Balaban J connectivity index is 1.93. The number of nitrogens with zero attached hydrogens (tertiary/aromatic N) is 3. The van der Waals surface area contributed by atoms with Crippen LogP contribution >= 0.6 is 0 Å². The van der Waals surface area contributed by atoms with Gasteiger partial charge in [-0.1, -0.05) is 56.2 Å². The van der Waals surface area contributed by atoms with Gasteiger partial charge in [0, 0.05) is 26.1 Å². The van der Waals surface area contributed by atoms with Gasteiger partial charge in [-0.25, -0.2) is 4.99 Å². The highest BCUT2D eigenvalue weighted by molar-refractivity contribution is 5.90. The maximum absolute atomic E-state index is 5.23. The van der Waals surface area contributed by atoms with Crippen LogP contribution in [-0.2, 0) is 6.54 Å².